The first-order valence-electron chi connectivity index (χ1n) is 6.71. The molecule has 3 heteroatoms. The van der Waals surface area contributed by atoms with E-state index in [-0.39, 0.29) is 0 Å². The molecule has 18 heavy (non-hydrogen) atoms. The molecule has 0 amide bonds. The summed E-state index contributed by atoms with van der Waals surface area (Å²) in [4.78, 5) is 0. The van der Waals surface area contributed by atoms with Crippen molar-refractivity contribution < 1.29 is 9.47 Å². The number of anilines is 1. The number of methoxy groups -OCH3 is 2. The summed E-state index contributed by atoms with van der Waals surface area (Å²) < 4.78 is 10.7. The molecule has 1 fully saturated rings. The van der Waals surface area contributed by atoms with Crippen molar-refractivity contribution in [1.82, 2.24) is 0 Å². The standard InChI is InChI=1S/C15H23NO2/c1-11-4-6-12(7-5-11)16-14-10-13(17-2)8-9-15(14)18-3/h8-12,16H,4-7H2,1-3H3. The molecule has 0 atom stereocenters. The van der Waals surface area contributed by atoms with Gasteiger partial charge in [0.05, 0.1) is 19.9 Å². The van der Waals surface area contributed by atoms with Crippen LogP contribution in [0.5, 0.6) is 11.5 Å². The Kier molecular flexibility index (Phi) is 4.34. The predicted octanol–water partition coefficient (Wildman–Crippen LogP) is 3.69. The summed E-state index contributed by atoms with van der Waals surface area (Å²) in [5, 5.41) is 3.59. The third kappa shape index (κ3) is 3.09. The Morgan fingerprint density at radius 1 is 1.06 bits per heavy atom. The maximum atomic E-state index is 5.39. The lowest BCUT2D eigenvalue weighted by atomic mass is 9.87. The highest BCUT2D eigenvalue weighted by atomic mass is 16.5. The summed E-state index contributed by atoms with van der Waals surface area (Å²) in [7, 11) is 3.39. The molecular weight excluding hydrogens is 226 g/mol. The van der Waals surface area contributed by atoms with E-state index in [2.05, 4.69) is 12.2 Å². The van der Waals surface area contributed by atoms with Crippen molar-refractivity contribution in [1.29, 1.82) is 0 Å². The van der Waals surface area contributed by atoms with Crippen LogP contribution in [0.2, 0.25) is 0 Å². The lowest BCUT2D eigenvalue weighted by Crippen LogP contribution is -2.25. The summed E-state index contributed by atoms with van der Waals surface area (Å²) >= 11 is 0. The summed E-state index contributed by atoms with van der Waals surface area (Å²) in [5.41, 5.74) is 1.04. The highest BCUT2D eigenvalue weighted by Gasteiger charge is 2.19. The molecular formula is C15H23NO2. The van der Waals surface area contributed by atoms with Gasteiger partial charge in [-0.25, -0.2) is 0 Å². The summed E-state index contributed by atoms with van der Waals surface area (Å²) in [6.45, 7) is 2.34. The minimum Gasteiger partial charge on any atom is -0.497 e. The topological polar surface area (TPSA) is 30.5 Å². The van der Waals surface area contributed by atoms with E-state index in [1.807, 2.05) is 18.2 Å². The summed E-state index contributed by atoms with van der Waals surface area (Å²) in [6.07, 6.45) is 5.09. The fourth-order valence-corrected chi connectivity index (χ4v) is 2.55. The quantitative estimate of drug-likeness (QED) is 0.882. The molecule has 0 aromatic heterocycles. The fraction of sp³-hybridized carbons (Fsp3) is 0.600. The van der Waals surface area contributed by atoms with Gasteiger partial charge in [-0.1, -0.05) is 6.92 Å². The van der Waals surface area contributed by atoms with E-state index < -0.39 is 0 Å². The minimum absolute atomic E-state index is 0.558. The van der Waals surface area contributed by atoms with Crippen LogP contribution in [0.1, 0.15) is 32.6 Å². The Hall–Kier alpha value is -1.38. The van der Waals surface area contributed by atoms with Gasteiger partial charge < -0.3 is 14.8 Å². The Balaban J connectivity index is 2.07. The monoisotopic (exact) mass is 249 g/mol. The predicted molar refractivity (Wildman–Crippen MR) is 74.6 cm³/mol. The first-order valence-corrected chi connectivity index (χ1v) is 6.71. The third-order valence-corrected chi connectivity index (χ3v) is 3.78. The zero-order chi connectivity index (χ0) is 13.0. The van der Waals surface area contributed by atoms with Gasteiger partial charge >= 0.3 is 0 Å². The van der Waals surface area contributed by atoms with Gasteiger partial charge in [-0.2, -0.15) is 0 Å². The maximum absolute atomic E-state index is 5.39. The van der Waals surface area contributed by atoms with Crippen molar-refractivity contribution in [2.75, 3.05) is 19.5 Å². The van der Waals surface area contributed by atoms with E-state index in [0.717, 1.165) is 23.1 Å². The van der Waals surface area contributed by atoms with Crippen molar-refractivity contribution in [2.45, 2.75) is 38.6 Å². The Labute approximate surface area is 109 Å². The van der Waals surface area contributed by atoms with Crippen molar-refractivity contribution in [3.63, 3.8) is 0 Å². The lowest BCUT2D eigenvalue weighted by molar-refractivity contribution is 0.359. The molecule has 0 spiro atoms. The zero-order valence-electron chi connectivity index (χ0n) is 11.5. The van der Waals surface area contributed by atoms with Gasteiger partial charge in [-0.3, -0.25) is 0 Å². The van der Waals surface area contributed by atoms with E-state index >= 15 is 0 Å². The van der Waals surface area contributed by atoms with E-state index in [1.165, 1.54) is 25.7 Å². The van der Waals surface area contributed by atoms with E-state index in [4.69, 9.17) is 9.47 Å². The molecule has 1 N–H and O–H groups in total. The highest BCUT2D eigenvalue weighted by Crippen LogP contribution is 2.32. The molecule has 1 aromatic rings. The molecule has 0 radical (unpaired) electrons. The van der Waals surface area contributed by atoms with Crippen molar-refractivity contribution in [2.24, 2.45) is 5.92 Å². The second-order valence-electron chi connectivity index (χ2n) is 5.17. The van der Waals surface area contributed by atoms with Crippen LogP contribution >= 0.6 is 0 Å². The van der Waals surface area contributed by atoms with Crippen LogP contribution in [-0.4, -0.2) is 20.3 Å². The molecule has 100 valence electrons. The van der Waals surface area contributed by atoms with Crippen molar-refractivity contribution in [3.8, 4) is 11.5 Å². The lowest BCUT2D eigenvalue weighted by Gasteiger charge is -2.28. The molecule has 2 rings (SSSR count). The molecule has 1 aliphatic carbocycles. The number of nitrogens with one attached hydrogen (secondary N) is 1. The van der Waals surface area contributed by atoms with Crippen LogP contribution < -0.4 is 14.8 Å². The molecule has 1 saturated carbocycles. The molecule has 0 heterocycles. The van der Waals surface area contributed by atoms with E-state index in [0.29, 0.717) is 6.04 Å². The zero-order valence-corrected chi connectivity index (χ0v) is 11.5. The van der Waals surface area contributed by atoms with Gasteiger partial charge in [0.25, 0.3) is 0 Å². The molecule has 1 aromatic carbocycles. The molecule has 0 bridgehead atoms. The maximum Gasteiger partial charge on any atom is 0.142 e. The Morgan fingerprint density at radius 3 is 2.39 bits per heavy atom. The highest BCUT2D eigenvalue weighted by molar-refractivity contribution is 5.60. The number of ether oxygens (including phenoxy) is 2. The normalized spacial score (nSPS) is 23.5. The van der Waals surface area contributed by atoms with Crippen LogP contribution in [0.25, 0.3) is 0 Å². The average Bonchev–Trinajstić information content (AvgIpc) is 2.41. The van der Waals surface area contributed by atoms with Gasteiger partial charge in [0.1, 0.15) is 11.5 Å². The molecule has 0 aliphatic heterocycles. The van der Waals surface area contributed by atoms with Crippen LogP contribution in [-0.2, 0) is 0 Å². The number of benzene rings is 1. The minimum atomic E-state index is 0.558. The van der Waals surface area contributed by atoms with Gasteiger partial charge in [0.2, 0.25) is 0 Å². The molecule has 1 aliphatic rings. The van der Waals surface area contributed by atoms with Crippen LogP contribution in [0.4, 0.5) is 5.69 Å². The fourth-order valence-electron chi connectivity index (χ4n) is 2.55. The second kappa shape index (κ2) is 5.98. The first kappa shape index (κ1) is 13.1. The summed E-state index contributed by atoms with van der Waals surface area (Å²) in [5.74, 6) is 2.62. The smallest absolute Gasteiger partial charge is 0.142 e. The number of hydrogen-bond acceptors (Lipinski definition) is 3. The van der Waals surface area contributed by atoms with E-state index in [9.17, 15) is 0 Å². The first-order chi connectivity index (χ1) is 8.72. The summed E-state index contributed by atoms with van der Waals surface area (Å²) in [6, 6.07) is 6.44. The molecule has 0 saturated heterocycles. The van der Waals surface area contributed by atoms with Crippen LogP contribution in [0, 0.1) is 5.92 Å². The largest absolute Gasteiger partial charge is 0.497 e. The SMILES string of the molecule is COc1ccc(OC)c(NC2CCC(C)CC2)c1. The number of rotatable bonds is 4. The van der Waals surface area contributed by atoms with Gasteiger partial charge in [-0.05, 0) is 43.7 Å². The Bertz CT molecular complexity index is 384. The Morgan fingerprint density at radius 2 is 1.78 bits per heavy atom. The van der Waals surface area contributed by atoms with Crippen molar-refractivity contribution in [3.05, 3.63) is 18.2 Å². The second-order valence-corrected chi connectivity index (χ2v) is 5.17. The van der Waals surface area contributed by atoms with Gasteiger partial charge in [-0.15, -0.1) is 0 Å². The van der Waals surface area contributed by atoms with Crippen LogP contribution in [0.3, 0.4) is 0 Å². The van der Waals surface area contributed by atoms with E-state index in [1.54, 1.807) is 14.2 Å². The number of hydrogen-bond donors (Lipinski definition) is 1. The van der Waals surface area contributed by atoms with Crippen molar-refractivity contribution >= 4 is 5.69 Å². The van der Waals surface area contributed by atoms with Gasteiger partial charge in [0, 0.05) is 12.1 Å². The average molecular weight is 249 g/mol. The van der Waals surface area contributed by atoms with Gasteiger partial charge in [0.15, 0.2) is 0 Å². The molecule has 0 unspecified atom stereocenters. The van der Waals surface area contributed by atoms with Crippen LogP contribution in [0.15, 0.2) is 18.2 Å². The third-order valence-electron chi connectivity index (χ3n) is 3.78. The molecule has 3 nitrogen and oxygen atoms in total.